The molecule has 184 valence electrons. The number of aryl methyl sites for hydroxylation is 1. The number of anilines is 1. The topological polar surface area (TPSA) is 128 Å². The van der Waals surface area contributed by atoms with E-state index >= 15 is 0 Å². The van der Waals surface area contributed by atoms with Gasteiger partial charge >= 0.3 is 0 Å². The summed E-state index contributed by atoms with van der Waals surface area (Å²) < 4.78 is 60.2. The molecule has 0 aromatic carbocycles. The number of carbonyl (C=O) groups excluding carboxylic acids is 2. The third-order valence-electron chi connectivity index (χ3n) is 5.25. The van der Waals surface area contributed by atoms with Crippen LogP contribution < -0.4 is 11.1 Å². The van der Waals surface area contributed by atoms with Crippen molar-refractivity contribution >= 4 is 44.7 Å². The summed E-state index contributed by atoms with van der Waals surface area (Å²) in [5.41, 5.74) is 4.48. The lowest BCUT2D eigenvalue weighted by Crippen LogP contribution is -2.17. The third kappa shape index (κ3) is 3.84. The van der Waals surface area contributed by atoms with Crippen molar-refractivity contribution < 1.29 is 31.6 Å². The van der Waals surface area contributed by atoms with Gasteiger partial charge in [-0.25, -0.2) is 32.0 Å². The summed E-state index contributed by atoms with van der Waals surface area (Å²) >= 11 is 0.716. The molecule has 0 spiro atoms. The summed E-state index contributed by atoms with van der Waals surface area (Å²) in [5, 5.41) is 6.55. The Morgan fingerprint density at radius 3 is 2.58 bits per heavy atom. The Bertz CT molecular complexity index is 1650. The van der Waals surface area contributed by atoms with E-state index in [4.69, 9.17) is 10.2 Å². The van der Waals surface area contributed by atoms with Crippen LogP contribution in [0.2, 0.25) is 0 Å². The van der Waals surface area contributed by atoms with Gasteiger partial charge in [-0.2, -0.15) is 5.10 Å². The average Bonchev–Trinajstić information content (AvgIpc) is 3.56. The summed E-state index contributed by atoms with van der Waals surface area (Å²) in [5.74, 6) is -1.59. The lowest BCUT2D eigenvalue weighted by atomic mass is 10.1. The largest absolute Gasteiger partial charge is 0.464 e. The van der Waals surface area contributed by atoms with E-state index in [1.807, 2.05) is 0 Å². The zero-order valence-electron chi connectivity index (χ0n) is 18.1. The van der Waals surface area contributed by atoms with Gasteiger partial charge in [0.25, 0.3) is 24.7 Å². The molecule has 5 aromatic heterocycles. The van der Waals surface area contributed by atoms with Gasteiger partial charge in [0, 0.05) is 16.6 Å². The van der Waals surface area contributed by atoms with E-state index in [1.165, 1.54) is 25.3 Å². The highest BCUT2D eigenvalue weighted by Crippen LogP contribution is 2.42. The fraction of sp³-hybridized carbons (Fsp3) is 0.136. The highest BCUT2D eigenvalue weighted by molar-refractivity contribution is 7.21. The first-order chi connectivity index (χ1) is 17.2. The zero-order valence-corrected chi connectivity index (χ0v) is 18.9. The van der Waals surface area contributed by atoms with E-state index in [2.05, 4.69) is 20.4 Å². The Morgan fingerprint density at radius 2 is 1.94 bits per heavy atom. The van der Waals surface area contributed by atoms with Gasteiger partial charge in [0.2, 0.25) is 0 Å². The zero-order chi connectivity index (χ0) is 25.7. The van der Waals surface area contributed by atoms with Gasteiger partial charge in [-0.3, -0.25) is 9.59 Å². The van der Waals surface area contributed by atoms with Crippen molar-refractivity contribution in [3.05, 3.63) is 64.2 Å². The van der Waals surface area contributed by atoms with Crippen LogP contribution in [0.4, 0.5) is 23.2 Å². The van der Waals surface area contributed by atoms with Gasteiger partial charge in [0.15, 0.2) is 5.65 Å². The average molecular weight is 518 g/mol. The molecule has 2 amide bonds. The number of alkyl halides is 4. The third-order valence-corrected chi connectivity index (χ3v) is 6.35. The maximum absolute atomic E-state index is 13.5. The second-order valence-electron chi connectivity index (χ2n) is 7.59. The van der Waals surface area contributed by atoms with Gasteiger partial charge in [-0.1, -0.05) is 0 Å². The number of thiophene rings is 1. The highest BCUT2D eigenvalue weighted by Gasteiger charge is 2.27. The summed E-state index contributed by atoms with van der Waals surface area (Å²) in [4.78, 5) is 33.4. The van der Waals surface area contributed by atoms with Crippen molar-refractivity contribution in [2.75, 3.05) is 5.32 Å². The monoisotopic (exact) mass is 518 g/mol. The first-order valence-corrected chi connectivity index (χ1v) is 11.0. The van der Waals surface area contributed by atoms with Crippen LogP contribution in [0, 0.1) is 6.92 Å². The number of fused-ring (bicyclic) bond motifs is 2. The maximum atomic E-state index is 13.5. The molecule has 5 heterocycles. The quantitative estimate of drug-likeness (QED) is 0.300. The number of carbonyl (C=O) groups is 2. The molecule has 14 heteroatoms. The van der Waals surface area contributed by atoms with Crippen LogP contribution in [0.15, 0.2) is 41.1 Å². The van der Waals surface area contributed by atoms with Gasteiger partial charge in [0.05, 0.1) is 18.1 Å². The van der Waals surface area contributed by atoms with E-state index in [-0.39, 0.29) is 49.0 Å². The Balaban J connectivity index is 1.70. The number of nitrogens with zero attached hydrogens (tertiary/aromatic N) is 4. The Morgan fingerprint density at radius 1 is 1.17 bits per heavy atom. The van der Waals surface area contributed by atoms with Gasteiger partial charge in [0.1, 0.15) is 32.4 Å². The first kappa shape index (κ1) is 23.4. The van der Waals surface area contributed by atoms with E-state index in [0.29, 0.717) is 11.3 Å². The Hall–Kier alpha value is -4.33. The number of pyridine rings is 1. The molecular weight excluding hydrogens is 504 g/mol. The number of nitrogens with two attached hydrogens (primary N) is 1. The van der Waals surface area contributed by atoms with Crippen molar-refractivity contribution in [3.63, 3.8) is 0 Å². The fourth-order valence-corrected chi connectivity index (χ4v) is 4.77. The predicted molar refractivity (Wildman–Crippen MR) is 121 cm³/mol. The number of aromatic nitrogens is 4. The minimum absolute atomic E-state index is 0.0112. The number of halogens is 4. The molecule has 0 aliphatic heterocycles. The van der Waals surface area contributed by atoms with Crippen LogP contribution in [-0.4, -0.2) is 31.4 Å². The molecule has 9 nitrogen and oxygen atoms in total. The minimum atomic E-state index is -2.92. The number of hydrogen-bond donors (Lipinski definition) is 2. The molecule has 0 aliphatic carbocycles. The number of furan rings is 1. The van der Waals surface area contributed by atoms with Gasteiger partial charge in [-0.15, -0.1) is 11.3 Å². The highest BCUT2D eigenvalue weighted by atomic mass is 32.1. The number of primary amides is 1. The molecule has 0 unspecified atom stereocenters. The van der Waals surface area contributed by atoms with Gasteiger partial charge < -0.3 is 15.5 Å². The molecule has 3 N–H and O–H groups in total. The van der Waals surface area contributed by atoms with Crippen LogP contribution in [0.5, 0.6) is 0 Å². The summed E-state index contributed by atoms with van der Waals surface area (Å²) in [7, 11) is 0. The van der Waals surface area contributed by atoms with Gasteiger partial charge in [-0.05, 0) is 31.2 Å². The molecule has 0 fully saturated rings. The van der Waals surface area contributed by atoms with Crippen molar-refractivity contribution in [2.45, 2.75) is 19.8 Å². The second kappa shape index (κ2) is 8.71. The van der Waals surface area contributed by atoms with Crippen LogP contribution in [-0.2, 0) is 0 Å². The molecule has 36 heavy (non-hydrogen) atoms. The fourth-order valence-electron chi connectivity index (χ4n) is 3.76. The summed E-state index contributed by atoms with van der Waals surface area (Å²) in [6, 6.07) is 5.29. The van der Waals surface area contributed by atoms with E-state index in [0.717, 1.165) is 22.8 Å². The van der Waals surface area contributed by atoms with E-state index < -0.39 is 36.1 Å². The molecule has 0 aliphatic rings. The molecule has 0 saturated carbocycles. The first-order valence-electron chi connectivity index (χ1n) is 10.2. The lowest BCUT2D eigenvalue weighted by Gasteiger charge is -2.09. The predicted octanol–water partition coefficient (Wildman–Crippen LogP) is 5.13. The molecular formula is C22H14F4N6O3S. The number of nitrogens with one attached hydrogen (secondary N) is 1. The van der Waals surface area contributed by atoms with Crippen molar-refractivity contribution in [1.29, 1.82) is 0 Å². The number of rotatable bonds is 6. The SMILES string of the molecule is Cc1cc(C(F)F)n2ncc(C(=O)Nc3c(C(N)=O)sc4nc(C(F)F)cc(-c5ccco5)c34)c2n1. The molecule has 0 radical (unpaired) electrons. The number of hydrogen-bond acceptors (Lipinski definition) is 7. The van der Waals surface area contributed by atoms with E-state index in [9.17, 15) is 27.2 Å². The lowest BCUT2D eigenvalue weighted by molar-refractivity contribution is 0.100. The molecule has 5 aromatic rings. The molecule has 0 atom stereocenters. The standard InChI is InChI=1S/C22H14F4N6O3S/c1-8-5-12(18(25)26)32-20(29-8)10(7-28-32)21(34)31-15-14-9(13-3-2-4-35-13)6-11(17(23)24)30-22(14)36-16(15)19(27)33/h2-7,17-18H,1H3,(H2,27,33)(H,31,34). The molecule has 0 bridgehead atoms. The van der Waals surface area contributed by atoms with Crippen LogP contribution in [0.25, 0.3) is 27.2 Å². The van der Waals surface area contributed by atoms with Crippen molar-refractivity contribution in [2.24, 2.45) is 5.73 Å². The minimum Gasteiger partial charge on any atom is -0.464 e. The molecule has 5 rings (SSSR count). The van der Waals surface area contributed by atoms with Crippen molar-refractivity contribution in [3.8, 4) is 11.3 Å². The number of amides is 2. The van der Waals surface area contributed by atoms with Crippen LogP contribution in [0.3, 0.4) is 0 Å². The Kier molecular flexibility index (Phi) is 5.67. The maximum Gasteiger partial charge on any atom is 0.280 e. The summed E-state index contributed by atoms with van der Waals surface area (Å²) in [6.07, 6.45) is -3.41. The van der Waals surface area contributed by atoms with Crippen molar-refractivity contribution in [1.82, 2.24) is 19.6 Å². The normalized spacial score (nSPS) is 11.8. The summed E-state index contributed by atoms with van der Waals surface area (Å²) in [6.45, 7) is 1.49. The van der Waals surface area contributed by atoms with Crippen LogP contribution in [0.1, 0.15) is 50.0 Å². The van der Waals surface area contributed by atoms with E-state index in [1.54, 1.807) is 0 Å². The Labute approximate surface area is 202 Å². The second-order valence-corrected chi connectivity index (χ2v) is 8.59. The smallest absolute Gasteiger partial charge is 0.280 e. The van der Waals surface area contributed by atoms with Crippen LogP contribution >= 0.6 is 11.3 Å². The molecule has 0 saturated heterocycles.